The van der Waals surface area contributed by atoms with E-state index in [1.54, 1.807) is 13.1 Å². The molecular weight excluding hydrogens is 302 g/mol. The topological polar surface area (TPSA) is 84.6 Å². The molecule has 1 amide bonds. The Morgan fingerprint density at radius 2 is 2.28 bits per heavy atom. The highest BCUT2D eigenvalue weighted by Crippen LogP contribution is 2.36. The minimum Gasteiger partial charge on any atom is -0.305 e. The molecule has 6 nitrogen and oxygen atoms in total. The SMILES string of the molecule is CC1C([N+](=O)[O-])=C(NC(=O)C2CC2)N=CC1(C)Br. The van der Waals surface area contributed by atoms with E-state index in [0.29, 0.717) is 0 Å². The monoisotopic (exact) mass is 315 g/mol. The highest BCUT2D eigenvalue weighted by atomic mass is 79.9. The summed E-state index contributed by atoms with van der Waals surface area (Å²) in [5, 5.41) is 13.7. The van der Waals surface area contributed by atoms with Crippen molar-refractivity contribution in [3.8, 4) is 0 Å². The average molecular weight is 316 g/mol. The van der Waals surface area contributed by atoms with Crippen molar-refractivity contribution in [3.05, 3.63) is 21.6 Å². The van der Waals surface area contributed by atoms with Gasteiger partial charge >= 0.3 is 0 Å². The van der Waals surface area contributed by atoms with Crippen LogP contribution in [0.15, 0.2) is 16.5 Å². The molecule has 7 heteroatoms. The number of hydrogen-bond acceptors (Lipinski definition) is 4. The molecule has 2 aliphatic rings. The van der Waals surface area contributed by atoms with E-state index in [1.807, 2.05) is 6.92 Å². The van der Waals surface area contributed by atoms with Crippen LogP contribution in [0.25, 0.3) is 0 Å². The molecule has 2 unspecified atom stereocenters. The van der Waals surface area contributed by atoms with Crippen LogP contribution >= 0.6 is 15.9 Å². The third-order valence-corrected chi connectivity index (χ3v) is 4.22. The minimum atomic E-state index is -0.566. The van der Waals surface area contributed by atoms with E-state index in [-0.39, 0.29) is 29.3 Å². The quantitative estimate of drug-likeness (QED) is 0.490. The fourth-order valence-corrected chi connectivity index (χ4v) is 2.07. The van der Waals surface area contributed by atoms with Gasteiger partial charge in [0.05, 0.1) is 15.2 Å². The number of nitrogens with one attached hydrogen (secondary N) is 1. The Kier molecular flexibility index (Phi) is 3.27. The van der Waals surface area contributed by atoms with Gasteiger partial charge in [0, 0.05) is 12.1 Å². The Bertz CT molecular complexity index is 466. The molecule has 98 valence electrons. The molecular formula is C11H14BrN3O3. The van der Waals surface area contributed by atoms with Gasteiger partial charge in [-0.25, -0.2) is 4.99 Å². The van der Waals surface area contributed by atoms with Crippen molar-refractivity contribution in [2.24, 2.45) is 16.8 Å². The molecule has 0 spiro atoms. The Labute approximate surface area is 113 Å². The summed E-state index contributed by atoms with van der Waals surface area (Å²) in [6.45, 7) is 3.55. The summed E-state index contributed by atoms with van der Waals surface area (Å²) in [5.74, 6) is -0.485. The van der Waals surface area contributed by atoms with Gasteiger partial charge in [-0.15, -0.1) is 0 Å². The number of nitrogens with zero attached hydrogens (tertiary/aromatic N) is 2. The first kappa shape index (κ1) is 13.2. The van der Waals surface area contributed by atoms with Crippen LogP contribution in [0.5, 0.6) is 0 Å². The standard InChI is InChI=1S/C11H14BrN3O3/c1-6-8(15(17)18)9(13-5-11(6,2)12)14-10(16)7-3-4-7/h5-7H,3-4H2,1-2H3,(H,14,16). The lowest BCUT2D eigenvalue weighted by atomic mass is 9.91. The first-order chi connectivity index (χ1) is 8.33. The first-order valence-corrected chi connectivity index (χ1v) is 6.56. The lowest BCUT2D eigenvalue weighted by Gasteiger charge is -2.27. The van der Waals surface area contributed by atoms with Crippen LogP contribution < -0.4 is 5.32 Å². The minimum absolute atomic E-state index is 0.00621. The van der Waals surface area contributed by atoms with Gasteiger partial charge in [0.25, 0.3) is 5.70 Å². The molecule has 0 aromatic rings. The van der Waals surface area contributed by atoms with E-state index < -0.39 is 9.25 Å². The number of amides is 1. The van der Waals surface area contributed by atoms with Crippen molar-refractivity contribution in [1.82, 2.24) is 5.32 Å². The number of rotatable bonds is 3. The van der Waals surface area contributed by atoms with Crippen LogP contribution in [0.2, 0.25) is 0 Å². The third-order valence-electron chi connectivity index (χ3n) is 3.33. The molecule has 0 saturated heterocycles. The Morgan fingerprint density at radius 1 is 1.67 bits per heavy atom. The van der Waals surface area contributed by atoms with E-state index in [2.05, 4.69) is 26.2 Å². The van der Waals surface area contributed by atoms with E-state index in [4.69, 9.17) is 0 Å². The molecule has 2 rings (SSSR count). The van der Waals surface area contributed by atoms with E-state index in [1.165, 1.54) is 0 Å². The number of nitro groups is 1. The second-order valence-corrected chi connectivity index (χ2v) is 6.59. The molecule has 0 aromatic carbocycles. The largest absolute Gasteiger partial charge is 0.305 e. The number of aliphatic imine (C=N–C) groups is 1. The van der Waals surface area contributed by atoms with Crippen molar-refractivity contribution in [1.29, 1.82) is 0 Å². The van der Waals surface area contributed by atoms with Crippen molar-refractivity contribution >= 4 is 28.1 Å². The van der Waals surface area contributed by atoms with Crippen molar-refractivity contribution < 1.29 is 9.72 Å². The van der Waals surface area contributed by atoms with Gasteiger partial charge in [-0.3, -0.25) is 14.9 Å². The maximum Gasteiger partial charge on any atom is 0.293 e. The van der Waals surface area contributed by atoms with Gasteiger partial charge in [0.15, 0.2) is 0 Å². The predicted molar refractivity (Wildman–Crippen MR) is 69.9 cm³/mol. The van der Waals surface area contributed by atoms with E-state index in [9.17, 15) is 14.9 Å². The zero-order valence-corrected chi connectivity index (χ0v) is 11.7. The second kappa shape index (κ2) is 4.46. The summed E-state index contributed by atoms with van der Waals surface area (Å²) >= 11 is 3.40. The van der Waals surface area contributed by atoms with Gasteiger partial charge in [-0.05, 0) is 19.8 Å². The van der Waals surface area contributed by atoms with Crippen LogP contribution in [-0.4, -0.2) is 21.4 Å². The Balaban J connectivity index is 2.28. The van der Waals surface area contributed by atoms with Gasteiger partial charge in [0.2, 0.25) is 11.7 Å². The summed E-state index contributed by atoms with van der Waals surface area (Å²) in [7, 11) is 0. The lowest BCUT2D eigenvalue weighted by Crippen LogP contribution is -2.38. The molecule has 1 aliphatic heterocycles. The normalized spacial score (nSPS) is 31.4. The summed E-state index contributed by atoms with van der Waals surface area (Å²) < 4.78 is -0.566. The summed E-state index contributed by atoms with van der Waals surface area (Å²) in [6, 6.07) is 0. The number of alkyl halides is 1. The Hall–Kier alpha value is -1.24. The predicted octanol–water partition coefficient (Wildman–Crippen LogP) is 1.83. The highest BCUT2D eigenvalue weighted by molar-refractivity contribution is 9.10. The molecule has 1 heterocycles. The molecule has 1 aliphatic carbocycles. The third kappa shape index (κ3) is 2.45. The molecule has 0 radical (unpaired) electrons. The van der Waals surface area contributed by atoms with Crippen LogP contribution in [-0.2, 0) is 4.79 Å². The number of hydrogen-bond donors (Lipinski definition) is 1. The molecule has 0 aromatic heterocycles. The zero-order valence-electron chi connectivity index (χ0n) is 10.1. The molecule has 18 heavy (non-hydrogen) atoms. The molecule has 2 atom stereocenters. The number of carbonyl (C=O) groups excluding carboxylic acids is 1. The van der Waals surface area contributed by atoms with Crippen molar-refractivity contribution in [2.75, 3.05) is 0 Å². The van der Waals surface area contributed by atoms with Crippen LogP contribution in [0.3, 0.4) is 0 Å². The van der Waals surface area contributed by atoms with Gasteiger partial charge < -0.3 is 5.32 Å². The van der Waals surface area contributed by atoms with E-state index >= 15 is 0 Å². The number of carbonyl (C=O) groups is 1. The maximum atomic E-state index is 11.7. The molecule has 1 N–H and O–H groups in total. The Morgan fingerprint density at radius 3 is 2.78 bits per heavy atom. The summed E-state index contributed by atoms with van der Waals surface area (Å²) in [4.78, 5) is 26.3. The van der Waals surface area contributed by atoms with Gasteiger partial charge in [0.1, 0.15) is 0 Å². The fourth-order valence-electron chi connectivity index (χ4n) is 1.75. The zero-order chi connectivity index (χ0) is 13.5. The molecule has 1 saturated carbocycles. The second-order valence-electron chi connectivity index (χ2n) is 4.89. The van der Waals surface area contributed by atoms with E-state index in [0.717, 1.165) is 12.8 Å². The van der Waals surface area contributed by atoms with Crippen molar-refractivity contribution in [2.45, 2.75) is 31.0 Å². The van der Waals surface area contributed by atoms with Crippen molar-refractivity contribution in [3.63, 3.8) is 0 Å². The average Bonchev–Trinajstić information content (AvgIpc) is 3.07. The smallest absolute Gasteiger partial charge is 0.293 e. The molecule has 1 fully saturated rings. The van der Waals surface area contributed by atoms with Gasteiger partial charge in [-0.2, -0.15) is 0 Å². The number of allylic oxidation sites excluding steroid dienone is 1. The number of halogens is 1. The maximum absolute atomic E-state index is 11.7. The summed E-state index contributed by atoms with van der Waals surface area (Å²) in [5.41, 5.74) is -0.0501. The molecule has 0 bridgehead atoms. The van der Waals surface area contributed by atoms with Crippen LogP contribution in [0.1, 0.15) is 26.7 Å². The van der Waals surface area contributed by atoms with Crippen LogP contribution in [0.4, 0.5) is 0 Å². The summed E-state index contributed by atoms with van der Waals surface area (Å²) in [6.07, 6.45) is 3.29. The van der Waals surface area contributed by atoms with Gasteiger partial charge in [-0.1, -0.05) is 22.9 Å². The van der Waals surface area contributed by atoms with Crippen LogP contribution in [0, 0.1) is 22.0 Å². The highest BCUT2D eigenvalue weighted by Gasteiger charge is 2.42. The fraction of sp³-hybridized carbons (Fsp3) is 0.636. The first-order valence-electron chi connectivity index (χ1n) is 5.76. The lowest BCUT2D eigenvalue weighted by molar-refractivity contribution is -0.435.